The van der Waals surface area contributed by atoms with Crippen molar-refractivity contribution in [2.24, 2.45) is 0 Å². The molecule has 0 aromatic heterocycles. The molecule has 0 spiro atoms. The first-order valence-corrected chi connectivity index (χ1v) is 10.0. The van der Waals surface area contributed by atoms with E-state index in [4.69, 9.17) is 28.9 Å². The van der Waals surface area contributed by atoms with Crippen molar-refractivity contribution in [1.82, 2.24) is 5.43 Å². The number of benzene rings is 2. The largest absolute Gasteiger partial charge is 0.416 e. The maximum Gasteiger partial charge on any atom is 0.416 e. The van der Waals surface area contributed by atoms with Crippen LogP contribution in [0, 0.1) is 0 Å². The van der Waals surface area contributed by atoms with Crippen LogP contribution in [0.1, 0.15) is 22.8 Å². The van der Waals surface area contributed by atoms with Crippen LogP contribution in [0.15, 0.2) is 35.2 Å². The van der Waals surface area contributed by atoms with Crippen LogP contribution in [0.2, 0.25) is 10.0 Å². The Hall–Kier alpha value is -2.17. The van der Waals surface area contributed by atoms with Gasteiger partial charge in [0.05, 0.1) is 38.2 Å². The van der Waals surface area contributed by atoms with Crippen molar-refractivity contribution in [1.29, 1.82) is 0 Å². The molecule has 6 nitrogen and oxygen atoms in total. The van der Waals surface area contributed by atoms with Gasteiger partial charge in [0.2, 0.25) is 0 Å². The second kappa shape index (κ2) is 8.06. The van der Waals surface area contributed by atoms with E-state index in [1.807, 2.05) is 0 Å². The lowest BCUT2D eigenvalue weighted by Gasteiger charge is -2.16. The maximum absolute atomic E-state index is 12.9. The summed E-state index contributed by atoms with van der Waals surface area (Å²) in [5, 5.41) is -0.273. The maximum atomic E-state index is 12.9. The number of rotatable bonds is 5. The van der Waals surface area contributed by atoms with Gasteiger partial charge in [-0.3, -0.25) is 15.6 Å². The quantitative estimate of drug-likeness (QED) is 0.464. The molecule has 2 aromatic carbocycles. The zero-order valence-corrected chi connectivity index (χ0v) is 16.5. The van der Waals surface area contributed by atoms with Crippen LogP contribution in [-0.4, -0.2) is 20.1 Å². The molecule has 0 aliphatic heterocycles. The summed E-state index contributed by atoms with van der Waals surface area (Å²) in [6, 6.07) is 4.98. The summed E-state index contributed by atoms with van der Waals surface area (Å²) in [4.78, 5) is 12.2. The number of hydrogen-bond acceptors (Lipinski definition) is 5. The molecule has 28 heavy (non-hydrogen) atoms. The summed E-state index contributed by atoms with van der Waals surface area (Å²) in [7, 11) is -3.67. The van der Waals surface area contributed by atoms with E-state index >= 15 is 0 Å². The Labute approximate surface area is 168 Å². The smallest absolute Gasteiger partial charge is 0.397 e. The number of anilines is 2. The van der Waals surface area contributed by atoms with Gasteiger partial charge in [-0.25, -0.2) is 8.42 Å². The zero-order chi connectivity index (χ0) is 21.3. The van der Waals surface area contributed by atoms with Crippen LogP contribution in [-0.2, 0) is 16.0 Å². The fourth-order valence-corrected chi connectivity index (χ4v) is 3.61. The van der Waals surface area contributed by atoms with Crippen molar-refractivity contribution in [2.75, 3.05) is 16.9 Å². The Balaban J connectivity index is 2.36. The van der Waals surface area contributed by atoms with Gasteiger partial charge in [0.1, 0.15) is 0 Å². The molecule has 0 atom stereocenters. The van der Waals surface area contributed by atoms with Crippen LogP contribution < -0.4 is 16.6 Å². The molecule has 0 radical (unpaired) electrons. The molecule has 12 heteroatoms. The van der Waals surface area contributed by atoms with E-state index in [9.17, 15) is 26.4 Å². The number of nitrogens with two attached hydrogens (primary N) is 1. The molecule has 0 unspecified atom stereocenters. The van der Waals surface area contributed by atoms with Crippen LogP contribution in [0.4, 0.5) is 24.5 Å². The predicted molar refractivity (Wildman–Crippen MR) is 101 cm³/mol. The summed E-state index contributed by atoms with van der Waals surface area (Å²) in [6.07, 6.45) is -4.74. The highest BCUT2D eigenvalue weighted by Crippen LogP contribution is 2.35. The van der Waals surface area contributed by atoms with E-state index in [2.05, 4.69) is 10.9 Å². The van der Waals surface area contributed by atoms with E-state index in [1.54, 1.807) is 0 Å². The molecule has 4 N–H and O–H groups in total. The van der Waals surface area contributed by atoms with E-state index in [0.717, 1.165) is 0 Å². The van der Waals surface area contributed by atoms with Gasteiger partial charge in [0.25, 0.3) is 5.91 Å². The molecule has 2 rings (SSSR count). The molecular formula is C16H14Cl2F3N3O3S. The number of halogens is 5. The van der Waals surface area contributed by atoms with Gasteiger partial charge in [-0.1, -0.05) is 30.1 Å². The molecule has 1 amide bonds. The lowest BCUT2D eigenvalue weighted by atomic mass is 10.1. The summed E-state index contributed by atoms with van der Waals surface area (Å²) >= 11 is 11.5. The summed E-state index contributed by atoms with van der Waals surface area (Å²) in [5.74, 6) is -1.27. The minimum absolute atomic E-state index is 0.0562. The third kappa shape index (κ3) is 4.81. The Morgan fingerprint density at radius 2 is 1.82 bits per heavy atom. The minimum Gasteiger partial charge on any atom is -0.397 e. The van der Waals surface area contributed by atoms with E-state index < -0.39 is 38.1 Å². The van der Waals surface area contributed by atoms with Crippen LogP contribution in [0.5, 0.6) is 0 Å². The van der Waals surface area contributed by atoms with Crippen LogP contribution in [0.3, 0.4) is 0 Å². The molecule has 0 fully saturated rings. The fourth-order valence-electron chi connectivity index (χ4n) is 2.19. The lowest BCUT2D eigenvalue weighted by Crippen LogP contribution is -2.31. The number of hydrogen-bond donors (Lipinski definition) is 3. The number of sulfone groups is 1. The topological polar surface area (TPSA) is 101 Å². The molecule has 0 aliphatic rings. The molecule has 0 aliphatic carbocycles. The number of carbonyl (C=O) groups excluding carboxylic acids is 1. The lowest BCUT2D eigenvalue weighted by molar-refractivity contribution is -0.137. The normalized spacial score (nSPS) is 11.9. The van der Waals surface area contributed by atoms with Gasteiger partial charge < -0.3 is 5.73 Å². The third-order valence-corrected chi connectivity index (χ3v) is 6.00. The number of nitrogen functional groups attached to an aromatic ring is 1. The zero-order valence-electron chi connectivity index (χ0n) is 14.2. The van der Waals surface area contributed by atoms with Crippen molar-refractivity contribution in [3.63, 3.8) is 0 Å². The minimum atomic E-state index is -4.74. The number of nitrogens with one attached hydrogen (secondary N) is 2. The summed E-state index contributed by atoms with van der Waals surface area (Å²) in [5.41, 5.74) is 7.96. The molecule has 0 heterocycles. The van der Waals surface area contributed by atoms with Gasteiger partial charge in [-0.15, -0.1) is 0 Å². The highest BCUT2D eigenvalue weighted by Gasteiger charge is 2.32. The average Bonchev–Trinajstić information content (AvgIpc) is 2.60. The van der Waals surface area contributed by atoms with Crippen molar-refractivity contribution in [3.05, 3.63) is 51.5 Å². The van der Waals surface area contributed by atoms with Crippen molar-refractivity contribution in [3.8, 4) is 0 Å². The molecule has 0 saturated carbocycles. The van der Waals surface area contributed by atoms with Crippen molar-refractivity contribution < 1.29 is 26.4 Å². The Morgan fingerprint density at radius 1 is 1.18 bits per heavy atom. The van der Waals surface area contributed by atoms with Gasteiger partial charge in [0, 0.05) is 5.02 Å². The number of alkyl halides is 3. The Morgan fingerprint density at radius 3 is 2.39 bits per heavy atom. The van der Waals surface area contributed by atoms with E-state index in [-0.39, 0.29) is 27.0 Å². The van der Waals surface area contributed by atoms with Crippen molar-refractivity contribution >= 4 is 50.3 Å². The predicted octanol–water partition coefficient (Wildman–Crippen LogP) is 4.14. The summed E-state index contributed by atoms with van der Waals surface area (Å²) < 4.78 is 63.1. The first-order valence-electron chi connectivity index (χ1n) is 7.61. The first-order chi connectivity index (χ1) is 12.9. The fraction of sp³-hybridized carbons (Fsp3) is 0.188. The summed E-state index contributed by atoms with van der Waals surface area (Å²) in [6.45, 7) is 1.43. The van der Waals surface area contributed by atoms with Gasteiger partial charge in [-0.05, 0) is 30.3 Å². The SMILES string of the molecule is CCS(=O)(=O)c1ccc(Cl)cc1NNC(=O)c1cc(C(F)(F)F)cc(Cl)c1N. The monoisotopic (exact) mass is 455 g/mol. The number of carbonyl (C=O) groups is 1. The highest BCUT2D eigenvalue weighted by molar-refractivity contribution is 7.91. The standard InChI is InChI=1S/C16H14Cl2F3N3O3S/c1-2-28(26,27)13-4-3-9(17)7-12(13)23-24-15(25)10-5-8(16(19,20)21)6-11(18)14(10)22/h3-7,23H,2,22H2,1H3,(H,24,25). The van der Waals surface area contributed by atoms with E-state index in [0.29, 0.717) is 12.1 Å². The second-order valence-corrected chi connectivity index (χ2v) is 8.63. The van der Waals surface area contributed by atoms with Gasteiger partial charge in [-0.2, -0.15) is 13.2 Å². The van der Waals surface area contributed by atoms with E-state index in [1.165, 1.54) is 25.1 Å². The second-order valence-electron chi connectivity index (χ2n) is 5.54. The number of amides is 1. The third-order valence-electron chi connectivity index (χ3n) is 3.67. The van der Waals surface area contributed by atoms with Gasteiger partial charge in [0.15, 0.2) is 9.84 Å². The van der Waals surface area contributed by atoms with Crippen LogP contribution in [0.25, 0.3) is 0 Å². The van der Waals surface area contributed by atoms with Gasteiger partial charge >= 0.3 is 6.18 Å². The molecule has 2 aromatic rings. The van der Waals surface area contributed by atoms with Crippen molar-refractivity contribution in [2.45, 2.75) is 18.0 Å². The molecule has 0 saturated heterocycles. The first kappa shape index (κ1) is 22.1. The molecule has 152 valence electrons. The Kier molecular flexibility index (Phi) is 6.37. The highest BCUT2D eigenvalue weighted by atomic mass is 35.5. The molecular weight excluding hydrogens is 442 g/mol. The average molecular weight is 456 g/mol. The molecule has 0 bridgehead atoms. The number of hydrazine groups is 1. The Bertz CT molecular complexity index is 1030. The van der Waals surface area contributed by atoms with Crippen LogP contribution >= 0.6 is 23.2 Å².